The van der Waals surface area contributed by atoms with E-state index in [4.69, 9.17) is 16.3 Å². The largest absolute Gasteiger partial charge is 0.383 e. The summed E-state index contributed by atoms with van der Waals surface area (Å²) in [4.78, 5) is 13.5. The minimum absolute atomic E-state index is 0.153. The molecule has 36 heavy (non-hydrogen) atoms. The van der Waals surface area contributed by atoms with Gasteiger partial charge in [0.1, 0.15) is 5.02 Å². The van der Waals surface area contributed by atoms with Gasteiger partial charge in [-0.1, -0.05) is 29.8 Å². The first-order chi connectivity index (χ1) is 17.4. The Morgan fingerprint density at radius 3 is 2.78 bits per heavy atom. The molecule has 0 amide bonds. The van der Waals surface area contributed by atoms with Gasteiger partial charge in [-0.05, 0) is 35.4 Å². The molecule has 2 heterocycles. The van der Waals surface area contributed by atoms with E-state index in [1.807, 2.05) is 30.3 Å². The zero-order chi connectivity index (χ0) is 25.5. The number of rotatable bonds is 10. The third-order valence-electron chi connectivity index (χ3n) is 5.92. The van der Waals surface area contributed by atoms with E-state index in [-0.39, 0.29) is 6.54 Å². The van der Waals surface area contributed by atoms with Gasteiger partial charge in [0.25, 0.3) is 0 Å². The number of thiol groups is 1. The number of anilines is 5. The lowest BCUT2D eigenvalue weighted by atomic mass is 10.1. The molecular weight excluding hydrogens is 502 g/mol. The quantitative estimate of drug-likeness (QED) is 0.293. The van der Waals surface area contributed by atoms with Crippen molar-refractivity contribution in [3.63, 3.8) is 0 Å². The van der Waals surface area contributed by atoms with Gasteiger partial charge in [-0.15, -0.1) is 0 Å². The van der Waals surface area contributed by atoms with Crippen LogP contribution in [0.5, 0.6) is 0 Å². The van der Waals surface area contributed by atoms with E-state index in [0.29, 0.717) is 29.1 Å². The molecule has 12 heteroatoms. The Morgan fingerprint density at radius 1 is 1.14 bits per heavy atom. The second-order valence-electron chi connectivity index (χ2n) is 8.42. The lowest BCUT2D eigenvalue weighted by Gasteiger charge is -2.20. The SMILES string of the molecule is COCCN1CCN(C)c2ccc(Nc3ncc(Cl)c(Nc4ccccc4CN[SH](=O)=O)n3)cc2C1. The minimum Gasteiger partial charge on any atom is -0.383 e. The summed E-state index contributed by atoms with van der Waals surface area (Å²) in [5.41, 5.74) is 4.73. The molecule has 0 saturated heterocycles. The molecule has 10 nitrogen and oxygen atoms in total. The third kappa shape index (κ3) is 6.83. The maximum Gasteiger partial charge on any atom is 0.229 e. The first kappa shape index (κ1) is 26.1. The Kier molecular flexibility index (Phi) is 8.94. The topological polar surface area (TPSA) is 112 Å². The van der Waals surface area contributed by atoms with Crippen molar-refractivity contribution in [3.8, 4) is 0 Å². The molecular formula is C24H30ClN7O3S. The number of likely N-dealkylation sites (N-methyl/N-ethyl adjacent to an activating group) is 1. The summed E-state index contributed by atoms with van der Waals surface area (Å²) >= 11 is 6.37. The molecule has 1 aliphatic heterocycles. The second-order valence-corrected chi connectivity index (χ2v) is 9.66. The molecule has 0 atom stereocenters. The predicted octanol–water partition coefficient (Wildman–Crippen LogP) is 3.13. The number of aromatic nitrogens is 2. The maximum absolute atomic E-state index is 11.0. The third-order valence-corrected chi connectivity index (χ3v) is 6.61. The van der Waals surface area contributed by atoms with Crippen molar-refractivity contribution in [1.29, 1.82) is 0 Å². The standard InChI is InChI=1S/C24H30ClN7O3S/c1-31-9-10-32(11-12-35-2)16-18-13-19(7-8-22(18)31)28-24-26-15-20(25)23(30-24)29-21-6-4-3-5-17(21)14-27-36(33)34/h3-8,13,15,36H,9-12,14,16H2,1-2H3,(H,27,33,34)(H2,26,28,29,30). The molecule has 2 aromatic carbocycles. The maximum atomic E-state index is 11.0. The molecule has 0 radical (unpaired) electrons. The van der Waals surface area contributed by atoms with E-state index in [0.717, 1.165) is 37.4 Å². The monoisotopic (exact) mass is 531 g/mol. The van der Waals surface area contributed by atoms with Crippen LogP contribution >= 0.6 is 11.6 Å². The summed E-state index contributed by atoms with van der Waals surface area (Å²) < 4.78 is 29.6. The summed E-state index contributed by atoms with van der Waals surface area (Å²) in [7, 11) is 1.13. The van der Waals surface area contributed by atoms with Crippen molar-refractivity contribution in [2.45, 2.75) is 13.1 Å². The van der Waals surface area contributed by atoms with Gasteiger partial charge in [0.15, 0.2) is 5.82 Å². The van der Waals surface area contributed by atoms with E-state index in [9.17, 15) is 8.42 Å². The Labute approximate surface area is 217 Å². The smallest absolute Gasteiger partial charge is 0.229 e. The molecule has 0 saturated carbocycles. The van der Waals surface area contributed by atoms with Crippen molar-refractivity contribution >= 4 is 51.3 Å². The number of hydrogen-bond acceptors (Lipinski definition) is 9. The molecule has 3 N–H and O–H groups in total. The highest BCUT2D eigenvalue weighted by atomic mass is 35.5. The highest BCUT2D eigenvalue weighted by Gasteiger charge is 2.18. The van der Waals surface area contributed by atoms with Crippen molar-refractivity contribution in [1.82, 2.24) is 19.6 Å². The van der Waals surface area contributed by atoms with Crippen molar-refractivity contribution in [3.05, 3.63) is 64.8 Å². The summed E-state index contributed by atoms with van der Waals surface area (Å²) in [6, 6.07) is 13.6. The second kappa shape index (κ2) is 12.3. The molecule has 0 unspecified atom stereocenters. The van der Waals surface area contributed by atoms with Gasteiger partial charge in [-0.2, -0.15) is 4.98 Å². The zero-order valence-corrected chi connectivity index (χ0v) is 21.9. The molecule has 1 aromatic heterocycles. The number of methoxy groups -OCH3 is 1. The molecule has 192 valence electrons. The van der Waals surface area contributed by atoms with Crippen LogP contribution in [0.25, 0.3) is 0 Å². The fraction of sp³-hybridized carbons (Fsp3) is 0.333. The van der Waals surface area contributed by atoms with E-state index < -0.39 is 10.9 Å². The molecule has 0 fully saturated rings. The number of halogens is 1. The van der Waals surface area contributed by atoms with Crippen LogP contribution in [0.2, 0.25) is 5.02 Å². The van der Waals surface area contributed by atoms with Crippen LogP contribution in [0.15, 0.2) is 48.7 Å². The summed E-state index contributed by atoms with van der Waals surface area (Å²) in [6.45, 7) is 4.46. The molecule has 0 bridgehead atoms. The molecule has 0 aliphatic carbocycles. The van der Waals surface area contributed by atoms with E-state index >= 15 is 0 Å². The average molecular weight is 532 g/mol. The average Bonchev–Trinajstić information content (AvgIpc) is 3.02. The minimum atomic E-state index is -2.70. The van der Waals surface area contributed by atoms with Crippen LogP contribution < -0.4 is 20.3 Å². The summed E-state index contributed by atoms with van der Waals surface area (Å²) in [5, 5.41) is 6.82. The van der Waals surface area contributed by atoms with E-state index in [2.05, 4.69) is 54.3 Å². The number of para-hydroxylation sites is 1. The van der Waals surface area contributed by atoms with Crippen LogP contribution in [0.1, 0.15) is 11.1 Å². The first-order valence-corrected chi connectivity index (χ1v) is 13.1. The van der Waals surface area contributed by atoms with Crippen molar-refractivity contribution in [2.24, 2.45) is 0 Å². The van der Waals surface area contributed by atoms with E-state index in [1.54, 1.807) is 7.11 Å². The number of ether oxygens (including phenoxy) is 1. The number of benzene rings is 2. The summed E-state index contributed by atoms with van der Waals surface area (Å²) in [5.74, 6) is 0.798. The summed E-state index contributed by atoms with van der Waals surface area (Å²) in [6.07, 6.45) is 1.53. The normalized spacial score (nSPS) is 13.9. The molecule has 0 spiro atoms. The Hall–Kier alpha value is -2.96. The Balaban J connectivity index is 1.53. The van der Waals surface area contributed by atoms with Crippen LogP contribution in [0, 0.1) is 0 Å². The van der Waals surface area contributed by atoms with E-state index in [1.165, 1.54) is 17.4 Å². The zero-order valence-electron chi connectivity index (χ0n) is 20.2. The van der Waals surface area contributed by atoms with Gasteiger partial charge in [0.2, 0.25) is 16.8 Å². The number of nitrogens with zero attached hydrogens (tertiary/aromatic N) is 4. The van der Waals surface area contributed by atoms with Crippen LogP contribution in [0.4, 0.5) is 28.8 Å². The lowest BCUT2D eigenvalue weighted by molar-refractivity contribution is 0.147. The number of nitrogens with one attached hydrogen (secondary N) is 3. The van der Waals surface area contributed by atoms with Gasteiger partial charge in [0.05, 0.1) is 12.8 Å². The predicted molar refractivity (Wildman–Crippen MR) is 144 cm³/mol. The van der Waals surface area contributed by atoms with Gasteiger partial charge in [-0.3, -0.25) is 4.90 Å². The van der Waals surface area contributed by atoms with Gasteiger partial charge >= 0.3 is 0 Å². The fourth-order valence-electron chi connectivity index (χ4n) is 4.02. The van der Waals surface area contributed by atoms with Crippen molar-refractivity contribution in [2.75, 3.05) is 55.9 Å². The van der Waals surface area contributed by atoms with Gasteiger partial charge < -0.3 is 20.3 Å². The highest BCUT2D eigenvalue weighted by molar-refractivity contribution is 7.70. The Bertz CT molecular complexity index is 1270. The van der Waals surface area contributed by atoms with Crippen LogP contribution in [-0.4, -0.2) is 63.7 Å². The van der Waals surface area contributed by atoms with Gasteiger partial charge in [0, 0.05) is 63.9 Å². The van der Waals surface area contributed by atoms with Gasteiger partial charge in [-0.25, -0.2) is 18.1 Å². The molecule has 4 rings (SSSR count). The number of hydrogen-bond donors (Lipinski definition) is 4. The fourth-order valence-corrected chi connectivity index (χ4v) is 4.46. The Morgan fingerprint density at radius 2 is 1.97 bits per heavy atom. The molecule has 1 aliphatic rings. The lowest BCUT2D eigenvalue weighted by Crippen LogP contribution is -2.31. The first-order valence-electron chi connectivity index (χ1n) is 11.5. The van der Waals surface area contributed by atoms with Crippen LogP contribution in [0.3, 0.4) is 0 Å². The molecule has 3 aromatic rings. The number of fused-ring (bicyclic) bond motifs is 1. The highest BCUT2D eigenvalue weighted by Crippen LogP contribution is 2.30. The van der Waals surface area contributed by atoms with Crippen molar-refractivity contribution < 1.29 is 13.2 Å². The van der Waals surface area contributed by atoms with Crippen LogP contribution in [-0.2, 0) is 28.7 Å².